The number of aryl methyl sites for hydroxylation is 2. The van der Waals surface area contributed by atoms with Gasteiger partial charge in [0.05, 0.1) is 16.9 Å². The van der Waals surface area contributed by atoms with Crippen LogP contribution < -0.4 is 0 Å². The molecule has 0 bridgehead atoms. The first kappa shape index (κ1) is 20.0. The smallest absolute Gasteiger partial charge is 0.205 e. The number of H-pyrrole nitrogens is 1. The topological polar surface area (TPSA) is 74.5 Å². The number of hydrogen-bond donors (Lipinski definition) is 1. The summed E-state index contributed by atoms with van der Waals surface area (Å²) in [5.74, 6) is -0.363. The van der Waals surface area contributed by atoms with Crippen LogP contribution in [0.1, 0.15) is 27.3 Å². The number of carbonyl (C=O) groups is 1. The molecule has 0 amide bonds. The molecular weight excluding hydrogens is 419 g/mol. The number of halogens is 2. The van der Waals surface area contributed by atoms with Gasteiger partial charge in [0.25, 0.3) is 0 Å². The number of carbonyl (C=O) groups excluding carboxylic acids is 1. The summed E-state index contributed by atoms with van der Waals surface area (Å²) < 4.78 is 1.53. The van der Waals surface area contributed by atoms with Crippen LogP contribution in [0.3, 0.4) is 0 Å². The van der Waals surface area contributed by atoms with E-state index in [-0.39, 0.29) is 11.4 Å². The molecule has 0 atom stereocenters. The van der Waals surface area contributed by atoms with Gasteiger partial charge in [0, 0.05) is 27.2 Å². The summed E-state index contributed by atoms with van der Waals surface area (Å²) in [6.45, 7) is 3.59. The first-order valence-electron chi connectivity index (χ1n) is 9.15. The third kappa shape index (κ3) is 3.41. The van der Waals surface area contributed by atoms with E-state index in [1.807, 2.05) is 43.3 Å². The van der Waals surface area contributed by atoms with Gasteiger partial charge in [-0.3, -0.25) is 4.79 Å². The molecule has 0 saturated carbocycles. The standard InChI is InChI=1S/C23H16Cl2N4O/c1-13-19(23(25)29(28-13)17-7-5-6-16(24)11-17)10-15(12-26)22(30)21-14(2)27-20-9-4-3-8-18(20)21/h3-11,27H,1-2H3. The maximum atomic E-state index is 13.2. The average molecular weight is 435 g/mol. The predicted octanol–water partition coefficient (Wildman–Crippen LogP) is 6.07. The Morgan fingerprint density at radius 3 is 2.67 bits per heavy atom. The van der Waals surface area contributed by atoms with Crippen molar-refractivity contribution in [2.75, 3.05) is 0 Å². The second kappa shape index (κ2) is 7.83. The van der Waals surface area contributed by atoms with Crippen molar-refractivity contribution in [2.24, 2.45) is 0 Å². The van der Waals surface area contributed by atoms with Crippen molar-refractivity contribution in [2.45, 2.75) is 13.8 Å². The van der Waals surface area contributed by atoms with Crippen molar-refractivity contribution in [1.82, 2.24) is 14.8 Å². The summed E-state index contributed by atoms with van der Waals surface area (Å²) in [5, 5.41) is 15.8. The predicted molar refractivity (Wildman–Crippen MR) is 119 cm³/mol. The Hall–Kier alpha value is -3.33. The van der Waals surface area contributed by atoms with Crippen molar-refractivity contribution in [3.63, 3.8) is 0 Å². The molecule has 0 fully saturated rings. The van der Waals surface area contributed by atoms with Gasteiger partial charge in [0.1, 0.15) is 16.8 Å². The van der Waals surface area contributed by atoms with Crippen LogP contribution in [-0.4, -0.2) is 20.5 Å². The number of nitriles is 1. The number of aromatic amines is 1. The number of para-hydroxylation sites is 1. The first-order chi connectivity index (χ1) is 14.4. The highest BCUT2D eigenvalue weighted by Gasteiger charge is 2.22. The number of hydrogen-bond acceptors (Lipinski definition) is 3. The molecule has 0 aliphatic carbocycles. The summed E-state index contributed by atoms with van der Waals surface area (Å²) in [5.41, 5.74) is 3.81. The number of Topliss-reactive ketones (excluding diaryl/α,β-unsaturated/α-hetero) is 1. The SMILES string of the molecule is Cc1nn(-c2cccc(Cl)c2)c(Cl)c1C=C(C#N)C(=O)c1c(C)[nH]c2ccccc12. The van der Waals surface area contributed by atoms with Gasteiger partial charge in [-0.15, -0.1) is 0 Å². The molecule has 5 nitrogen and oxygen atoms in total. The lowest BCUT2D eigenvalue weighted by molar-refractivity contribution is 0.104. The molecule has 148 valence electrons. The van der Waals surface area contributed by atoms with Crippen LogP contribution in [0.5, 0.6) is 0 Å². The zero-order valence-electron chi connectivity index (χ0n) is 16.2. The van der Waals surface area contributed by atoms with Crippen LogP contribution >= 0.6 is 23.2 Å². The minimum absolute atomic E-state index is 0.0153. The lowest BCUT2D eigenvalue weighted by Gasteiger charge is -2.04. The van der Waals surface area contributed by atoms with Gasteiger partial charge in [-0.05, 0) is 44.2 Å². The summed E-state index contributed by atoms with van der Waals surface area (Å²) >= 11 is 12.6. The number of rotatable bonds is 4. The Balaban J connectivity index is 1.81. The van der Waals surface area contributed by atoms with Crippen LogP contribution in [0, 0.1) is 25.2 Å². The summed E-state index contributed by atoms with van der Waals surface area (Å²) in [6.07, 6.45) is 1.50. The molecule has 2 aromatic carbocycles. The van der Waals surface area contributed by atoms with Crippen molar-refractivity contribution in [3.8, 4) is 11.8 Å². The number of ketones is 1. The molecule has 0 saturated heterocycles. The van der Waals surface area contributed by atoms with Crippen molar-refractivity contribution in [3.05, 3.63) is 86.8 Å². The molecule has 0 aliphatic heterocycles. The Morgan fingerprint density at radius 2 is 1.93 bits per heavy atom. The third-order valence-corrected chi connectivity index (χ3v) is 5.47. The van der Waals surface area contributed by atoms with E-state index in [4.69, 9.17) is 23.2 Å². The molecule has 2 aromatic heterocycles. The minimum Gasteiger partial charge on any atom is -0.358 e. The van der Waals surface area contributed by atoms with Gasteiger partial charge in [-0.25, -0.2) is 4.68 Å². The van der Waals surface area contributed by atoms with Gasteiger partial charge in [-0.1, -0.05) is 47.5 Å². The van der Waals surface area contributed by atoms with Gasteiger partial charge in [0.2, 0.25) is 5.78 Å². The van der Waals surface area contributed by atoms with Crippen molar-refractivity contribution < 1.29 is 4.79 Å². The van der Waals surface area contributed by atoms with Crippen molar-refractivity contribution >= 4 is 46.0 Å². The highest BCUT2D eigenvalue weighted by Crippen LogP contribution is 2.29. The zero-order valence-corrected chi connectivity index (χ0v) is 17.7. The molecule has 1 N–H and O–H groups in total. The van der Waals surface area contributed by atoms with Crippen LogP contribution in [0.15, 0.2) is 54.1 Å². The summed E-state index contributed by atoms with van der Waals surface area (Å²) in [4.78, 5) is 16.4. The molecule has 0 unspecified atom stereocenters. The van der Waals surface area contributed by atoms with E-state index in [2.05, 4.69) is 10.1 Å². The monoisotopic (exact) mass is 434 g/mol. The fourth-order valence-corrected chi connectivity index (χ4v) is 3.96. The van der Waals surface area contributed by atoms with Crippen LogP contribution in [0.4, 0.5) is 0 Å². The summed E-state index contributed by atoms with van der Waals surface area (Å²) in [6, 6.07) is 16.6. The lowest BCUT2D eigenvalue weighted by Crippen LogP contribution is -2.03. The van der Waals surface area contributed by atoms with Crippen LogP contribution in [-0.2, 0) is 0 Å². The molecule has 4 rings (SSSR count). The number of benzene rings is 2. The van der Waals surface area contributed by atoms with E-state index in [1.165, 1.54) is 10.8 Å². The largest absolute Gasteiger partial charge is 0.358 e. The molecular formula is C23H16Cl2N4O. The molecule has 0 radical (unpaired) electrons. The minimum atomic E-state index is -0.363. The van der Waals surface area contributed by atoms with E-state index in [0.717, 1.165) is 10.9 Å². The quantitative estimate of drug-likeness (QED) is 0.240. The van der Waals surface area contributed by atoms with Crippen LogP contribution in [0.25, 0.3) is 22.7 Å². The number of aromatic nitrogens is 3. The first-order valence-corrected chi connectivity index (χ1v) is 9.91. The fraction of sp³-hybridized carbons (Fsp3) is 0.0870. The lowest BCUT2D eigenvalue weighted by atomic mass is 9.99. The Labute approximate surface area is 183 Å². The second-order valence-corrected chi connectivity index (χ2v) is 7.65. The van der Waals surface area contributed by atoms with Gasteiger partial charge in [0.15, 0.2) is 0 Å². The highest BCUT2D eigenvalue weighted by molar-refractivity contribution is 6.32. The maximum Gasteiger partial charge on any atom is 0.205 e. The number of nitrogens with zero attached hydrogens (tertiary/aromatic N) is 3. The Kier molecular flexibility index (Phi) is 5.21. The van der Waals surface area contributed by atoms with E-state index < -0.39 is 0 Å². The normalized spacial score (nSPS) is 11.6. The van der Waals surface area contributed by atoms with Crippen molar-refractivity contribution in [1.29, 1.82) is 5.26 Å². The second-order valence-electron chi connectivity index (χ2n) is 6.85. The number of nitrogens with one attached hydrogen (secondary N) is 1. The zero-order chi connectivity index (χ0) is 21.4. The molecule has 0 aliphatic rings. The molecule has 2 heterocycles. The Morgan fingerprint density at radius 1 is 1.17 bits per heavy atom. The molecule has 4 aromatic rings. The number of fused-ring (bicyclic) bond motifs is 1. The van der Waals surface area contributed by atoms with E-state index in [9.17, 15) is 10.1 Å². The third-order valence-electron chi connectivity index (χ3n) is 4.88. The average Bonchev–Trinajstić information content (AvgIpc) is 3.21. The number of allylic oxidation sites excluding steroid dienone is 1. The van der Waals surface area contributed by atoms with Crippen LogP contribution in [0.2, 0.25) is 10.2 Å². The maximum absolute atomic E-state index is 13.2. The molecule has 0 spiro atoms. The Bertz CT molecular complexity index is 1370. The van der Waals surface area contributed by atoms with Gasteiger partial charge >= 0.3 is 0 Å². The fourth-order valence-electron chi connectivity index (χ4n) is 3.45. The van der Waals surface area contributed by atoms with E-state index in [1.54, 1.807) is 25.1 Å². The van der Waals surface area contributed by atoms with Gasteiger partial charge in [-0.2, -0.15) is 10.4 Å². The summed E-state index contributed by atoms with van der Waals surface area (Å²) in [7, 11) is 0. The molecule has 7 heteroatoms. The molecule has 30 heavy (non-hydrogen) atoms. The highest BCUT2D eigenvalue weighted by atomic mass is 35.5. The van der Waals surface area contributed by atoms with Gasteiger partial charge < -0.3 is 4.98 Å². The van der Waals surface area contributed by atoms with E-state index in [0.29, 0.717) is 38.4 Å². The van der Waals surface area contributed by atoms with E-state index >= 15 is 0 Å².